The third-order valence-electron chi connectivity index (χ3n) is 3.25. The van der Waals surface area contributed by atoms with E-state index in [-0.39, 0.29) is 11.3 Å². The molecule has 2 aromatic carbocycles. The Morgan fingerprint density at radius 3 is 2.00 bits per heavy atom. The Labute approximate surface area is 148 Å². The smallest absolute Gasteiger partial charge is 0.332 e. The summed E-state index contributed by atoms with van der Waals surface area (Å²) in [6.45, 7) is 0. The van der Waals surface area contributed by atoms with E-state index >= 15 is 0 Å². The molecule has 0 unspecified atom stereocenters. The predicted octanol–water partition coefficient (Wildman–Crippen LogP) is 1.65. The second-order valence-corrected chi connectivity index (χ2v) is 5.34. The number of amides is 1. The first-order valence-electron chi connectivity index (χ1n) is 7.09. The molecule has 25 heavy (non-hydrogen) atoms. The molecule has 128 valence electrons. The Kier molecular flexibility index (Phi) is 5.92. The van der Waals surface area contributed by atoms with E-state index in [0.29, 0.717) is 16.1 Å². The molecule has 0 heterocycles. The Hall–Kier alpha value is -3.12. The largest absolute Gasteiger partial charge is 0.545 e. The quantitative estimate of drug-likeness (QED) is 0.647. The van der Waals surface area contributed by atoms with Gasteiger partial charge < -0.3 is 20.0 Å². The lowest BCUT2D eigenvalue weighted by Crippen LogP contribution is -2.24. The molecule has 2 aromatic rings. The van der Waals surface area contributed by atoms with Crippen LogP contribution in [-0.2, 0) is 9.53 Å². The third-order valence-corrected chi connectivity index (χ3v) is 3.50. The summed E-state index contributed by atoms with van der Waals surface area (Å²) in [5.41, 5.74) is 0.908. The van der Waals surface area contributed by atoms with Crippen LogP contribution in [0.5, 0.6) is 0 Å². The van der Waals surface area contributed by atoms with Crippen LogP contribution < -0.4 is 10.4 Å². The van der Waals surface area contributed by atoms with E-state index in [1.807, 2.05) is 0 Å². The van der Waals surface area contributed by atoms with Crippen molar-refractivity contribution in [1.29, 1.82) is 0 Å². The first-order valence-corrected chi connectivity index (χ1v) is 7.47. The summed E-state index contributed by atoms with van der Waals surface area (Å²) in [6, 6.07) is 11.7. The lowest BCUT2D eigenvalue weighted by molar-refractivity contribution is -0.255. The zero-order valence-corrected chi connectivity index (χ0v) is 13.9. The molecule has 0 bridgehead atoms. The number of esters is 1. The lowest BCUT2D eigenvalue weighted by Gasteiger charge is -2.11. The van der Waals surface area contributed by atoms with Gasteiger partial charge in [0.05, 0.1) is 18.8 Å². The van der Waals surface area contributed by atoms with Crippen molar-refractivity contribution in [3.05, 3.63) is 76.3 Å². The number of carbonyl (C=O) groups excluding carboxylic acids is 3. The molecular formula is C18H13ClNO5-. The minimum Gasteiger partial charge on any atom is -0.545 e. The highest BCUT2D eigenvalue weighted by Gasteiger charge is 2.12. The van der Waals surface area contributed by atoms with Gasteiger partial charge in [0.25, 0.3) is 5.91 Å². The molecule has 0 saturated heterocycles. The molecule has 1 amide bonds. The Bertz CT molecular complexity index is 826. The maximum atomic E-state index is 12.3. The van der Waals surface area contributed by atoms with Crippen molar-refractivity contribution < 1.29 is 24.2 Å². The zero-order chi connectivity index (χ0) is 18.4. The van der Waals surface area contributed by atoms with Crippen molar-refractivity contribution in [3.8, 4) is 0 Å². The number of benzene rings is 2. The van der Waals surface area contributed by atoms with Crippen LogP contribution in [0, 0.1) is 0 Å². The summed E-state index contributed by atoms with van der Waals surface area (Å²) in [7, 11) is 1.21. The van der Waals surface area contributed by atoms with Crippen LogP contribution in [0.1, 0.15) is 26.3 Å². The van der Waals surface area contributed by atoms with Gasteiger partial charge in [-0.05, 0) is 35.4 Å². The number of carboxylic acid groups (broad SMARTS) is 1. The highest BCUT2D eigenvalue weighted by atomic mass is 35.5. The van der Waals surface area contributed by atoms with Gasteiger partial charge >= 0.3 is 5.97 Å². The van der Waals surface area contributed by atoms with Gasteiger partial charge in [0.1, 0.15) is 0 Å². The van der Waals surface area contributed by atoms with Crippen LogP contribution in [0.25, 0.3) is 5.70 Å². The molecule has 2 rings (SSSR count). The number of carbonyl (C=O) groups is 3. The summed E-state index contributed by atoms with van der Waals surface area (Å²) < 4.78 is 4.58. The van der Waals surface area contributed by atoms with E-state index in [4.69, 9.17) is 11.6 Å². The zero-order valence-electron chi connectivity index (χ0n) is 13.1. The summed E-state index contributed by atoms with van der Waals surface area (Å²) in [5, 5.41) is 13.9. The lowest BCUT2D eigenvalue weighted by atomic mass is 10.1. The number of rotatable bonds is 5. The van der Waals surface area contributed by atoms with Crippen molar-refractivity contribution in [2.24, 2.45) is 0 Å². The monoisotopic (exact) mass is 358 g/mol. The molecule has 0 atom stereocenters. The molecule has 0 aliphatic heterocycles. The van der Waals surface area contributed by atoms with E-state index in [9.17, 15) is 19.5 Å². The fourth-order valence-electron chi connectivity index (χ4n) is 1.95. The Morgan fingerprint density at radius 2 is 1.48 bits per heavy atom. The molecule has 0 radical (unpaired) electrons. The number of aromatic carboxylic acids is 1. The van der Waals surface area contributed by atoms with Crippen molar-refractivity contribution in [2.45, 2.75) is 0 Å². The molecular weight excluding hydrogens is 346 g/mol. The topological polar surface area (TPSA) is 95.5 Å². The molecule has 1 N–H and O–H groups in total. The average Bonchev–Trinajstić information content (AvgIpc) is 2.61. The Morgan fingerprint density at radius 1 is 0.960 bits per heavy atom. The average molecular weight is 359 g/mol. The minimum atomic E-state index is -1.32. The van der Waals surface area contributed by atoms with Gasteiger partial charge in [-0.25, -0.2) is 4.79 Å². The number of carboxylic acids is 1. The number of methoxy groups -OCH3 is 1. The van der Waals surface area contributed by atoms with Crippen LogP contribution in [0.2, 0.25) is 5.02 Å². The van der Waals surface area contributed by atoms with E-state index in [1.165, 1.54) is 43.5 Å². The number of hydrogen-bond donors (Lipinski definition) is 1. The summed E-state index contributed by atoms with van der Waals surface area (Å²) >= 11 is 5.79. The summed E-state index contributed by atoms with van der Waals surface area (Å²) in [6.07, 6.45) is 1.10. The van der Waals surface area contributed by atoms with Crippen LogP contribution >= 0.6 is 11.6 Å². The molecule has 0 aromatic heterocycles. The number of nitrogens with one attached hydrogen (secondary N) is 1. The first kappa shape index (κ1) is 18.2. The molecule has 0 aliphatic carbocycles. The highest BCUT2D eigenvalue weighted by molar-refractivity contribution is 6.30. The molecule has 0 aliphatic rings. The number of ether oxygens (including phenoxy) is 1. The van der Waals surface area contributed by atoms with E-state index < -0.39 is 17.8 Å². The van der Waals surface area contributed by atoms with Gasteiger partial charge in [-0.1, -0.05) is 35.9 Å². The summed E-state index contributed by atoms with van der Waals surface area (Å²) in [4.78, 5) is 34.7. The molecule has 7 heteroatoms. The van der Waals surface area contributed by atoms with Crippen molar-refractivity contribution in [2.75, 3.05) is 7.11 Å². The van der Waals surface area contributed by atoms with Gasteiger partial charge in [-0.2, -0.15) is 0 Å². The van der Waals surface area contributed by atoms with E-state index in [2.05, 4.69) is 10.1 Å². The maximum Gasteiger partial charge on any atom is 0.332 e. The van der Waals surface area contributed by atoms with Crippen molar-refractivity contribution in [1.82, 2.24) is 5.32 Å². The molecule has 0 saturated carbocycles. The number of hydrogen-bond acceptors (Lipinski definition) is 5. The first-order chi connectivity index (χ1) is 11.9. The fourth-order valence-corrected chi connectivity index (χ4v) is 2.08. The van der Waals surface area contributed by atoms with Crippen LogP contribution in [0.3, 0.4) is 0 Å². The third kappa shape index (κ3) is 4.92. The van der Waals surface area contributed by atoms with Gasteiger partial charge in [0.15, 0.2) is 0 Å². The van der Waals surface area contributed by atoms with Gasteiger partial charge in [0.2, 0.25) is 0 Å². The van der Waals surface area contributed by atoms with Crippen molar-refractivity contribution >= 4 is 35.1 Å². The standard InChI is InChI=1S/C18H14ClNO5/c1-25-16(21)10-15(11-2-4-13(5-3-11)18(23)24)20-17(22)12-6-8-14(19)9-7-12/h2-10H,1H3,(H,20,22)(H,23,24)/p-1/b15-10+. The summed E-state index contributed by atoms with van der Waals surface area (Å²) in [5.74, 6) is -2.46. The minimum absolute atomic E-state index is 0.0230. The molecule has 0 fully saturated rings. The maximum absolute atomic E-state index is 12.3. The molecule has 0 spiro atoms. The number of halogens is 1. The fraction of sp³-hybridized carbons (Fsp3) is 0.0556. The Balaban J connectivity index is 2.31. The van der Waals surface area contributed by atoms with Gasteiger partial charge in [-0.15, -0.1) is 0 Å². The van der Waals surface area contributed by atoms with Crippen LogP contribution in [0.15, 0.2) is 54.6 Å². The van der Waals surface area contributed by atoms with E-state index in [1.54, 1.807) is 12.1 Å². The normalized spacial score (nSPS) is 10.9. The second-order valence-electron chi connectivity index (χ2n) is 4.91. The molecule has 6 nitrogen and oxygen atoms in total. The van der Waals surface area contributed by atoms with Gasteiger partial charge in [-0.3, -0.25) is 4.79 Å². The predicted molar refractivity (Wildman–Crippen MR) is 89.7 cm³/mol. The van der Waals surface area contributed by atoms with E-state index in [0.717, 1.165) is 6.08 Å². The van der Waals surface area contributed by atoms with Gasteiger partial charge in [0, 0.05) is 16.7 Å². The highest BCUT2D eigenvalue weighted by Crippen LogP contribution is 2.15. The van der Waals surface area contributed by atoms with Crippen molar-refractivity contribution in [3.63, 3.8) is 0 Å². The van der Waals surface area contributed by atoms with Crippen LogP contribution in [0.4, 0.5) is 0 Å². The second kappa shape index (κ2) is 8.12. The SMILES string of the molecule is COC(=O)/C=C(/NC(=O)c1ccc(Cl)cc1)c1ccc(C(=O)[O-])cc1. The van der Waals surface area contributed by atoms with Crippen LogP contribution in [-0.4, -0.2) is 25.0 Å².